The molecule has 2 aromatic heterocycles. The van der Waals surface area contributed by atoms with E-state index in [1.807, 2.05) is 0 Å². The first kappa shape index (κ1) is 20.6. The van der Waals surface area contributed by atoms with Crippen molar-refractivity contribution in [2.24, 2.45) is 0 Å². The van der Waals surface area contributed by atoms with Crippen LogP contribution in [0.1, 0.15) is 25.5 Å². The van der Waals surface area contributed by atoms with Gasteiger partial charge in [-0.3, -0.25) is 14.2 Å². The summed E-state index contributed by atoms with van der Waals surface area (Å²) in [6.45, 7) is 3.17. The largest absolute Gasteiger partial charge is 0.466 e. The maximum absolute atomic E-state index is 12.2. The summed E-state index contributed by atoms with van der Waals surface area (Å²) in [6, 6.07) is 0. The first-order chi connectivity index (χ1) is 13.5. The fourth-order valence-electron chi connectivity index (χ4n) is 2.66. The molecule has 1 aliphatic rings. The molecule has 1 aliphatic heterocycles. The molecule has 1 amide bonds. The Hall–Kier alpha value is -2.18. The van der Waals surface area contributed by atoms with Gasteiger partial charge in [-0.25, -0.2) is 14.9 Å². The second-order valence-electron chi connectivity index (χ2n) is 6.02. The average molecular weight is 428 g/mol. The molecule has 12 heteroatoms. The molecule has 152 valence electrons. The number of nitrogens with zero attached hydrogens (tertiary/aromatic N) is 3. The van der Waals surface area contributed by atoms with Crippen LogP contribution in [0.4, 0.5) is 5.13 Å². The normalized spacial score (nSPS) is 16.2. The Kier molecular flexibility index (Phi) is 7.23. The minimum Gasteiger partial charge on any atom is -0.466 e. The number of nitrogens with one attached hydrogen (secondary N) is 2. The number of esters is 1. The first-order valence-corrected chi connectivity index (χ1v) is 10.7. The Morgan fingerprint density at radius 3 is 3.14 bits per heavy atom. The zero-order valence-electron chi connectivity index (χ0n) is 15.3. The number of rotatable bonds is 9. The number of anilines is 1. The summed E-state index contributed by atoms with van der Waals surface area (Å²) in [6.07, 6.45) is 1.95. The Bertz CT molecular complexity index is 871. The van der Waals surface area contributed by atoms with Gasteiger partial charge in [0.05, 0.1) is 37.1 Å². The maximum Gasteiger partial charge on any atom is 0.344 e. The van der Waals surface area contributed by atoms with Gasteiger partial charge in [-0.1, -0.05) is 11.8 Å². The third kappa shape index (κ3) is 5.66. The molecule has 28 heavy (non-hydrogen) atoms. The molecule has 2 aromatic rings. The first-order valence-electron chi connectivity index (χ1n) is 8.84. The van der Waals surface area contributed by atoms with Crippen LogP contribution >= 0.6 is 23.1 Å². The smallest absolute Gasteiger partial charge is 0.344 e. The van der Waals surface area contributed by atoms with Gasteiger partial charge in [0.1, 0.15) is 0 Å². The number of carbonyl (C=O) groups excluding carboxylic acids is 2. The molecule has 3 rings (SSSR count). The zero-order valence-corrected chi connectivity index (χ0v) is 16.9. The average Bonchev–Trinajstić information content (AvgIpc) is 3.38. The SMILES string of the molecule is CCOC(=O)Cc1csc(NC(=O)CSc2n[nH]c(=O)n2CC2CCCO2)n1. The van der Waals surface area contributed by atoms with E-state index in [4.69, 9.17) is 9.47 Å². The molecule has 1 unspecified atom stereocenters. The Balaban J connectivity index is 1.50. The predicted molar refractivity (Wildman–Crippen MR) is 104 cm³/mol. The van der Waals surface area contributed by atoms with Crippen molar-refractivity contribution in [3.05, 3.63) is 21.6 Å². The molecule has 0 radical (unpaired) electrons. The summed E-state index contributed by atoms with van der Waals surface area (Å²) >= 11 is 2.39. The molecule has 1 saturated heterocycles. The van der Waals surface area contributed by atoms with Crippen LogP contribution in [0.2, 0.25) is 0 Å². The number of ether oxygens (including phenoxy) is 2. The van der Waals surface area contributed by atoms with E-state index in [1.54, 1.807) is 12.3 Å². The van der Waals surface area contributed by atoms with E-state index < -0.39 is 0 Å². The number of thioether (sulfide) groups is 1. The highest BCUT2D eigenvalue weighted by atomic mass is 32.2. The van der Waals surface area contributed by atoms with Crippen molar-refractivity contribution in [1.82, 2.24) is 19.7 Å². The van der Waals surface area contributed by atoms with Crippen molar-refractivity contribution in [2.75, 3.05) is 24.3 Å². The molecule has 0 bridgehead atoms. The standard InChI is InChI=1S/C16H21N5O5S2/c1-2-25-13(23)6-10-8-27-14(17-10)18-12(22)9-28-16-20-19-15(24)21(16)7-11-4-3-5-26-11/h8,11H,2-7,9H2,1H3,(H,19,24)(H,17,18,22). The van der Waals surface area contributed by atoms with Gasteiger partial charge in [-0.2, -0.15) is 0 Å². The Morgan fingerprint density at radius 1 is 1.54 bits per heavy atom. The third-order valence-electron chi connectivity index (χ3n) is 3.89. The molecule has 0 aromatic carbocycles. The van der Waals surface area contributed by atoms with Crippen molar-refractivity contribution in [2.45, 2.75) is 44.0 Å². The second-order valence-corrected chi connectivity index (χ2v) is 7.82. The van der Waals surface area contributed by atoms with Crippen LogP contribution < -0.4 is 11.0 Å². The van der Waals surface area contributed by atoms with Crippen LogP contribution in [0, 0.1) is 0 Å². The van der Waals surface area contributed by atoms with E-state index >= 15 is 0 Å². The molecule has 10 nitrogen and oxygen atoms in total. The number of H-pyrrole nitrogens is 1. The van der Waals surface area contributed by atoms with Crippen LogP contribution in [-0.2, 0) is 32.0 Å². The number of thiazole rings is 1. The lowest BCUT2D eigenvalue weighted by molar-refractivity contribution is -0.142. The predicted octanol–water partition coefficient (Wildman–Crippen LogP) is 1.04. The van der Waals surface area contributed by atoms with Crippen LogP contribution in [-0.4, -0.2) is 56.7 Å². The van der Waals surface area contributed by atoms with Gasteiger partial charge in [0, 0.05) is 12.0 Å². The lowest BCUT2D eigenvalue weighted by Gasteiger charge is -2.10. The van der Waals surface area contributed by atoms with Gasteiger partial charge in [0.15, 0.2) is 10.3 Å². The number of hydrogen-bond acceptors (Lipinski definition) is 9. The fourth-order valence-corrected chi connectivity index (χ4v) is 4.14. The lowest BCUT2D eigenvalue weighted by atomic mass is 10.2. The number of aromatic nitrogens is 4. The van der Waals surface area contributed by atoms with Crippen LogP contribution in [0.3, 0.4) is 0 Å². The minimum atomic E-state index is -0.357. The van der Waals surface area contributed by atoms with Crippen molar-refractivity contribution >= 4 is 40.1 Å². The van der Waals surface area contributed by atoms with Crippen molar-refractivity contribution in [3.63, 3.8) is 0 Å². The van der Waals surface area contributed by atoms with E-state index in [-0.39, 0.29) is 35.8 Å². The third-order valence-corrected chi connectivity index (χ3v) is 5.68. The van der Waals surface area contributed by atoms with Crippen LogP contribution in [0.5, 0.6) is 0 Å². The summed E-state index contributed by atoms with van der Waals surface area (Å²) in [5, 5.41) is 11.6. The molecule has 0 aliphatic carbocycles. The molecule has 0 spiro atoms. The molecule has 0 saturated carbocycles. The molecule has 1 fully saturated rings. The van der Waals surface area contributed by atoms with Crippen LogP contribution in [0.25, 0.3) is 0 Å². The van der Waals surface area contributed by atoms with E-state index in [1.165, 1.54) is 15.9 Å². The summed E-state index contributed by atoms with van der Waals surface area (Å²) in [7, 11) is 0. The van der Waals surface area contributed by atoms with Crippen LogP contribution in [0.15, 0.2) is 15.3 Å². The quantitative estimate of drug-likeness (QED) is 0.449. The molecular weight excluding hydrogens is 406 g/mol. The molecule has 1 atom stereocenters. The second kappa shape index (κ2) is 9.85. The summed E-state index contributed by atoms with van der Waals surface area (Å²) in [5.74, 6) is -0.562. The lowest BCUT2D eigenvalue weighted by Crippen LogP contribution is -2.25. The van der Waals surface area contributed by atoms with Crippen molar-refractivity contribution in [3.8, 4) is 0 Å². The maximum atomic E-state index is 12.2. The molecular formula is C16H21N5O5S2. The highest BCUT2D eigenvalue weighted by Crippen LogP contribution is 2.20. The monoisotopic (exact) mass is 427 g/mol. The summed E-state index contributed by atoms with van der Waals surface area (Å²) in [5.41, 5.74) is 0.228. The van der Waals surface area contributed by atoms with Gasteiger partial charge in [-0.15, -0.1) is 16.4 Å². The van der Waals surface area contributed by atoms with E-state index in [0.717, 1.165) is 24.6 Å². The summed E-state index contributed by atoms with van der Waals surface area (Å²) < 4.78 is 11.9. The van der Waals surface area contributed by atoms with Gasteiger partial charge < -0.3 is 14.8 Å². The highest BCUT2D eigenvalue weighted by Gasteiger charge is 2.20. The van der Waals surface area contributed by atoms with Crippen molar-refractivity contribution in [1.29, 1.82) is 0 Å². The Labute approximate surface area is 169 Å². The van der Waals surface area contributed by atoms with E-state index in [2.05, 4.69) is 20.5 Å². The zero-order chi connectivity index (χ0) is 19.9. The van der Waals surface area contributed by atoms with Gasteiger partial charge in [0.2, 0.25) is 5.91 Å². The topological polar surface area (TPSA) is 128 Å². The number of carbonyl (C=O) groups is 2. The minimum absolute atomic E-state index is 0.00313. The van der Waals surface area contributed by atoms with E-state index in [9.17, 15) is 14.4 Å². The fraction of sp³-hybridized carbons (Fsp3) is 0.562. The Morgan fingerprint density at radius 2 is 2.39 bits per heavy atom. The number of hydrogen-bond donors (Lipinski definition) is 2. The van der Waals surface area contributed by atoms with Gasteiger partial charge in [0.25, 0.3) is 0 Å². The highest BCUT2D eigenvalue weighted by molar-refractivity contribution is 7.99. The van der Waals surface area contributed by atoms with Crippen molar-refractivity contribution < 1.29 is 19.1 Å². The van der Waals surface area contributed by atoms with Gasteiger partial charge in [-0.05, 0) is 19.8 Å². The molecule has 2 N–H and O–H groups in total. The number of aromatic amines is 1. The summed E-state index contributed by atoms with van der Waals surface area (Å²) in [4.78, 5) is 39.8. The van der Waals surface area contributed by atoms with Gasteiger partial charge >= 0.3 is 11.7 Å². The molecule has 3 heterocycles. The van der Waals surface area contributed by atoms with E-state index in [0.29, 0.717) is 35.7 Å². The number of amides is 1.